The third kappa shape index (κ3) is 4.14. The van der Waals surface area contributed by atoms with Gasteiger partial charge in [0, 0.05) is 44.6 Å². The van der Waals surface area contributed by atoms with Gasteiger partial charge in [-0.15, -0.1) is 11.3 Å². The average molecular weight is 373 g/mol. The van der Waals surface area contributed by atoms with Crippen LogP contribution in [0.25, 0.3) is 0 Å². The van der Waals surface area contributed by atoms with Crippen molar-refractivity contribution in [2.24, 2.45) is 17.6 Å². The Hall–Kier alpha value is -1.76. The summed E-state index contributed by atoms with van der Waals surface area (Å²) in [5.41, 5.74) is 7.48. The van der Waals surface area contributed by atoms with Crippen molar-refractivity contribution in [3.05, 3.63) is 52.0 Å². The summed E-state index contributed by atoms with van der Waals surface area (Å²) in [7, 11) is 1.91. The van der Waals surface area contributed by atoms with Gasteiger partial charge in [0.15, 0.2) is 0 Å². The molecule has 0 spiro atoms. The number of amides is 1. The maximum atomic E-state index is 12.9. The van der Waals surface area contributed by atoms with Crippen LogP contribution in [-0.2, 0) is 13.1 Å². The Morgan fingerprint density at radius 3 is 2.50 bits per heavy atom. The molecule has 0 radical (unpaired) electrons. The standard InChI is InChI=1S/C20H28N4OS/c1-14-10-24(12-16-7-5-4-6-8-16)11-15(2)19(14)23(3)20(25)17-13-26-18(9-21)22-17/h4-8,13-15,19H,9-12,21H2,1-3H3/t14-,15-/m1/s1. The van der Waals surface area contributed by atoms with Crippen molar-refractivity contribution in [1.82, 2.24) is 14.8 Å². The van der Waals surface area contributed by atoms with Crippen molar-refractivity contribution in [1.29, 1.82) is 0 Å². The van der Waals surface area contributed by atoms with Crippen molar-refractivity contribution in [2.75, 3.05) is 20.1 Å². The highest BCUT2D eigenvalue weighted by Gasteiger charge is 2.37. The van der Waals surface area contributed by atoms with E-state index in [2.05, 4.69) is 54.1 Å². The third-order valence-electron chi connectivity index (χ3n) is 5.22. The second-order valence-corrected chi connectivity index (χ2v) is 8.31. The Kier molecular flexibility index (Phi) is 6.06. The molecule has 26 heavy (non-hydrogen) atoms. The van der Waals surface area contributed by atoms with Crippen LogP contribution in [0, 0.1) is 11.8 Å². The second-order valence-electron chi connectivity index (χ2n) is 7.37. The number of hydrogen-bond donors (Lipinski definition) is 1. The summed E-state index contributed by atoms with van der Waals surface area (Å²) in [6, 6.07) is 10.8. The lowest BCUT2D eigenvalue weighted by Crippen LogP contribution is -2.55. The molecule has 2 N–H and O–H groups in total. The Morgan fingerprint density at radius 2 is 1.92 bits per heavy atom. The molecule has 2 aromatic rings. The van der Waals surface area contributed by atoms with E-state index in [4.69, 9.17) is 5.73 Å². The number of nitrogens with zero attached hydrogens (tertiary/aromatic N) is 3. The molecule has 140 valence electrons. The normalized spacial score (nSPS) is 21.7. The van der Waals surface area contributed by atoms with E-state index in [0.717, 1.165) is 24.6 Å². The minimum absolute atomic E-state index is 0.00107. The Balaban J connectivity index is 1.66. The lowest BCUT2D eigenvalue weighted by molar-refractivity contribution is 0.0267. The molecule has 0 bridgehead atoms. The van der Waals surface area contributed by atoms with Crippen LogP contribution in [0.4, 0.5) is 0 Å². The molecule has 1 aromatic carbocycles. The number of piperidine rings is 1. The first-order valence-corrected chi connectivity index (χ1v) is 10.1. The van der Waals surface area contributed by atoms with Crippen LogP contribution < -0.4 is 5.73 Å². The van der Waals surface area contributed by atoms with Gasteiger partial charge in [0.25, 0.3) is 5.91 Å². The van der Waals surface area contributed by atoms with Crippen LogP contribution in [0.2, 0.25) is 0 Å². The molecular weight excluding hydrogens is 344 g/mol. The highest BCUT2D eigenvalue weighted by molar-refractivity contribution is 7.09. The maximum absolute atomic E-state index is 12.9. The smallest absolute Gasteiger partial charge is 0.273 e. The van der Waals surface area contributed by atoms with E-state index in [1.165, 1.54) is 16.9 Å². The molecule has 2 heterocycles. The minimum atomic E-state index is 0.00107. The first-order chi connectivity index (χ1) is 12.5. The number of benzene rings is 1. The predicted octanol–water partition coefficient (Wildman–Crippen LogP) is 2.83. The van der Waals surface area contributed by atoms with Crippen LogP contribution >= 0.6 is 11.3 Å². The molecule has 1 saturated heterocycles. The number of carbonyl (C=O) groups is 1. The third-order valence-corrected chi connectivity index (χ3v) is 6.09. The minimum Gasteiger partial charge on any atom is -0.337 e. The monoisotopic (exact) mass is 372 g/mol. The van der Waals surface area contributed by atoms with E-state index in [9.17, 15) is 4.79 Å². The fraction of sp³-hybridized carbons (Fsp3) is 0.500. The van der Waals surface area contributed by atoms with Gasteiger partial charge < -0.3 is 10.6 Å². The van der Waals surface area contributed by atoms with E-state index < -0.39 is 0 Å². The molecule has 1 aliphatic rings. The fourth-order valence-corrected chi connectivity index (χ4v) is 4.87. The van der Waals surface area contributed by atoms with E-state index >= 15 is 0 Å². The molecule has 1 fully saturated rings. The van der Waals surface area contributed by atoms with Gasteiger partial charge in [-0.3, -0.25) is 9.69 Å². The molecule has 3 rings (SSSR count). The summed E-state index contributed by atoms with van der Waals surface area (Å²) in [6.07, 6.45) is 0. The van der Waals surface area contributed by atoms with Crippen molar-refractivity contribution in [2.45, 2.75) is 33.0 Å². The zero-order valence-electron chi connectivity index (χ0n) is 15.8. The van der Waals surface area contributed by atoms with Gasteiger partial charge in [0.2, 0.25) is 0 Å². The van der Waals surface area contributed by atoms with E-state index in [-0.39, 0.29) is 11.9 Å². The molecule has 1 aliphatic heterocycles. The molecule has 0 unspecified atom stereocenters. The van der Waals surface area contributed by atoms with Crippen LogP contribution in [0.1, 0.15) is 34.9 Å². The van der Waals surface area contributed by atoms with Gasteiger partial charge in [-0.05, 0) is 17.4 Å². The number of thiazole rings is 1. The molecule has 0 aliphatic carbocycles. The van der Waals surface area contributed by atoms with Crippen molar-refractivity contribution < 1.29 is 4.79 Å². The molecular formula is C20H28N4OS. The number of likely N-dealkylation sites (tertiary alicyclic amines) is 1. The number of nitrogens with two attached hydrogens (primary N) is 1. The highest BCUT2D eigenvalue weighted by atomic mass is 32.1. The fourth-order valence-electron chi connectivity index (χ4n) is 4.22. The summed E-state index contributed by atoms with van der Waals surface area (Å²) < 4.78 is 0. The van der Waals surface area contributed by atoms with Crippen LogP contribution in [0.3, 0.4) is 0 Å². The first-order valence-electron chi connectivity index (χ1n) is 9.17. The molecule has 0 saturated carbocycles. The summed E-state index contributed by atoms with van der Waals surface area (Å²) >= 11 is 1.45. The first kappa shape index (κ1) is 19.0. The summed E-state index contributed by atoms with van der Waals surface area (Å²) in [4.78, 5) is 21.6. The zero-order chi connectivity index (χ0) is 18.7. The lowest BCUT2D eigenvalue weighted by atomic mass is 9.84. The van der Waals surface area contributed by atoms with Crippen molar-refractivity contribution in [3.63, 3.8) is 0 Å². The Labute approximate surface area is 159 Å². The summed E-state index contributed by atoms with van der Waals surface area (Å²) in [5.74, 6) is 0.814. The summed E-state index contributed by atoms with van der Waals surface area (Å²) in [5, 5.41) is 2.63. The Morgan fingerprint density at radius 1 is 1.27 bits per heavy atom. The summed E-state index contributed by atoms with van der Waals surface area (Å²) in [6.45, 7) is 7.82. The van der Waals surface area contributed by atoms with Crippen molar-refractivity contribution >= 4 is 17.2 Å². The van der Waals surface area contributed by atoms with Gasteiger partial charge in [0.05, 0.1) is 0 Å². The zero-order valence-corrected chi connectivity index (χ0v) is 16.6. The molecule has 1 aromatic heterocycles. The van der Waals surface area contributed by atoms with Gasteiger partial charge in [-0.1, -0.05) is 44.2 Å². The largest absolute Gasteiger partial charge is 0.337 e. The highest BCUT2D eigenvalue weighted by Crippen LogP contribution is 2.28. The van der Waals surface area contributed by atoms with E-state index in [1.807, 2.05) is 17.3 Å². The van der Waals surface area contributed by atoms with Gasteiger partial charge in [-0.25, -0.2) is 4.98 Å². The van der Waals surface area contributed by atoms with Gasteiger partial charge in [-0.2, -0.15) is 0 Å². The Bertz CT molecular complexity index is 720. The van der Waals surface area contributed by atoms with Gasteiger partial charge >= 0.3 is 0 Å². The van der Waals surface area contributed by atoms with Crippen LogP contribution in [0.15, 0.2) is 35.7 Å². The number of aromatic nitrogens is 1. The number of rotatable bonds is 5. The average Bonchev–Trinajstić information content (AvgIpc) is 3.10. The van der Waals surface area contributed by atoms with Crippen molar-refractivity contribution in [3.8, 4) is 0 Å². The maximum Gasteiger partial charge on any atom is 0.273 e. The van der Waals surface area contributed by atoms with Crippen LogP contribution in [-0.4, -0.2) is 46.9 Å². The quantitative estimate of drug-likeness (QED) is 0.877. The SMILES string of the molecule is C[C@@H]1CN(Cc2ccccc2)C[C@@H](C)C1N(C)C(=O)c1csc(CN)n1. The van der Waals surface area contributed by atoms with E-state index in [0.29, 0.717) is 24.1 Å². The molecule has 5 nitrogen and oxygen atoms in total. The number of carbonyl (C=O) groups excluding carboxylic acids is 1. The number of hydrogen-bond acceptors (Lipinski definition) is 5. The van der Waals surface area contributed by atoms with Crippen LogP contribution in [0.5, 0.6) is 0 Å². The molecule has 2 atom stereocenters. The molecule has 6 heteroatoms. The lowest BCUT2D eigenvalue weighted by Gasteiger charge is -2.45. The predicted molar refractivity (Wildman–Crippen MR) is 106 cm³/mol. The van der Waals surface area contributed by atoms with Gasteiger partial charge in [0.1, 0.15) is 10.7 Å². The second kappa shape index (κ2) is 8.29. The van der Waals surface area contributed by atoms with E-state index in [1.54, 1.807) is 0 Å². The molecule has 1 amide bonds. The topological polar surface area (TPSA) is 62.5 Å².